The molecule has 3 heterocycles. The van der Waals surface area contributed by atoms with Crippen LogP contribution in [0.5, 0.6) is 0 Å². The summed E-state index contributed by atoms with van der Waals surface area (Å²) < 4.78 is 4.67. The van der Waals surface area contributed by atoms with Crippen molar-refractivity contribution in [2.24, 2.45) is 0 Å². The van der Waals surface area contributed by atoms with E-state index in [-0.39, 0.29) is 10.8 Å². The molecule has 0 aliphatic carbocycles. The number of hydrogen-bond donors (Lipinski definition) is 0. The molecular weight excluding hydrogens is 789 g/mol. The lowest BCUT2D eigenvalue weighted by Gasteiger charge is -2.37. The second kappa shape index (κ2) is 15.3. The summed E-state index contributed by atoms with van der Waals surface area (Å²) >= 11 is 0. The van der Waals surface area contributed by atoms with Gasteiger partial charge in [0.2, 0.25) is 0 Å². The zero-order chi connectivity index (χ0) is 44.5. The second-order valence-corrected chi connectivity index (χ2v) is 19.5. The van der Waals surface area contributed by atoms with Crippen LogP contribution in [0.4, 0.5) is 0 Å². The van der Waals surface area contributed by atoms with Crippen molar-refractivity contribution in [3.05, 3.63) is 240 Å². The van der Waals surface area contributed by atoms with Crippen LogP contribution in [0, 0.1) is 0 Å². The zero-order valence-corrected chi connectivity index (χ0v) is 37.9. The Morgan fingerprint density at radius 2 is 0.692 bits per heavy atom. The molecule has 8 aromatic carbocycles. The van der Waals surface area contributed by atoms with Crippen molar-refractivity contribution in [1.29, 1.82) is 0 Å². The molecule has 0 atom stereocenters. The molecule has 316 valence electrons. The minimum absolute atomic E-state index is 0.0183. The third-order valence-electron chi connectivity index (χ3n) is 13.4. The molecule has 0 bridgehead atoms. The van der Waals surface area contributed by atoms with E-state index >= 15 is 0 Å². The van der Waals surface area contributed by atoms with Crippen LogP contribution in [0.3, 0.4) is 0 Å². The molecule has 0 radical (unpaired) electrons. The first-order valence-electron chi connectivity index (χ1n) is 22.7. The molecule has 0 unspecified atom stereocenters. The van der Waals surface area contributed by atoms with Crippen LogP contribution in [-0.4, -0.2) is 19.1 Å². The highest BCUT2D eigenvalue weighted by Gasteiger charge is 2.38. The van der Waals surface area contributed by atoms with E-state index in [0.717, 1.165) is 44.8 Å². The summed E-state index contributed by atoms with van der Waals surface area (Å²) in [6.45, 7) is 13.7. The van der Waals surface area contributed by atoms with Crippen LogP contribution in [0.15, 0.2) is 206 Å². The van der Waals surface area contributed by atoms with Gasteiger partial charge in [0.1, 0.15) is 11.6 Å². The summed E-state index contributed by atoms with van der Waals surface area (Å²) in [6, 6.07) is 75.0. The number of nitrogens with zero attached hydrogens (tertiary/aromatic N) is 4. The maximum atomic E-state index is 5.64. The van der Waals surface area contributed by atoms with E-state index in [1.54, 1.807) is 0 Å². The van der Waals surface area contributed by atoms with Gasteiger partial charge in [-0.2, -0.15) is 0 Å². The van der Waals surface area contributed by atoms with Gasteiger partial charge in [0.05, 0.1) is 27.5 Å². The number of hydrogen-bond acceptors (Lipinski definition) is 2. The number of rotatable bonds is 7. The highest BCUT2D eigenvalue weighted by Crippen LogP contribution is 2.46. The lowest BCUT2D eigenvalue weighted by molar-refractivity contribution is 0.590. The van der Waals surface area contributed by atoms with Crippen LogP contribution in [0.1, 0.15) is 74.9 Å². The Kier molecular flexibility index (Phi) is 9.48. The minimum Gasteiger partial charge on any atom is -0.294 e. The number of para-hydroxylation sites is 2. The normalized spacial score (nSPS) is 12.5. The summed E-state index contributed by atoms with van der Waals surface area (Å²) in [6.07, 6.45) is 0. The van der Waals surface area contributed by atoms with Gasteiger partial charge < -0.3 is 0 Å². The van der Waals surface area contributed by atoms with Gasteiger partial charge in [-0.25, -0.2) is 9.97 Å². The van der Waals surface area contributed by atoms with Gasteiger partial charge in [0.15, 0.2) is 5.82 Å². The summed E-state index contributed by atoms with van der Waals surface area (Å²) in [5, 5.41) is 4.81. The molecule has 0 aliphatic rings. The molecule has 11 rings (SSSR count). The molecule has 65 heavy (non-hydrogen) atoms. The molecule has 0 amide bonds. The van der Waals surface area contributed by atoms with Crippen molar-refractivity contribution in [2.75, 3.05) is 0 Å². The highest BCUT2D eigenvalue weighted by molar-refractivity contribution is 6.11. The number of aromatic nitrogens is 4. The lowest BCUT2D eigenvalue weighted by atomic mass is 9.65. The van der Waals surface area contributed by atoms with E-state index in [1.807, 2.05) is 0 Å². The Morgan fingerprint density at radius 3 is 1.12 bits per heavy atom. The average molecular weight is 841 g/mol. The monoisotopic (exact) mass is 840 g/mol. The van der Waals surface area contributed by atoms with Gasteiger partial charge in [0, 0.05) is 33.2 Å². The lowest BCUT2D eigenvalue weighted by Crippen LogP contribution is -2.31. The van der Waals surface area contributed by atoms with E-state index < -0.39 is 5.41 Å². The Labute approximate surface area is 381 Å². The first-order chi connectivity index (χ1) is 31.5. The molecule has 4 heteroatoms. The first-order valence-corrected chi connectivity index (χ1v) is 22.7. The van der Waals surface area contributed by atoms with Crippen LogP contribution in [0.25, 0.3) is 66.6 Å². The Morgan fingerprint density at radius 1 is 0.308 bits per heavy atom. The zero-order valence-electron chi connectivity index (χ0n) is 37.9. The molecule has 0 aliphatic heterocycles. The molecule has 0 saturated heterocycles. The maximum Gasteiger partial charge on any atom is 0.163 e. The van der Waals surface area contributed by atoms with Crippen molar-refractivity contribution in [1.82, 2.24) is 19.1 Å². The van der Waals surface area contributed by atoms with Gasteiger partial charge >= 0.3 is 0 Å². The van der Waals surface area contributed by atoms with Crippen LogP contribution in [-0.2, 0) is 16.2 Å². The summed E-state index contributed by atoms with van der Waals surface area (Å²) in [4.78, 5) is 11.2. The Bertz CT molecular complexity index is 3330. The molecule has 0 saturated carbocycles. The topological polar surface area (TPSA) is 35.6 Å². The number of benzene rings is 8. The highest BCUT2D eigenvalue weighted by atomic mass is 15.1. The summed E-state index contributed by atoms with van der Waals surface area (Å²) in [5.41, 5.74) is 12.0. The van der Waals surface area contributed by atoms with Crippen molar-refractivity contribution in [2.45, 2.75) is 57.8 Å². The Balaban J connectivity index is 1.23. The molecule has 0 spiro atoms. The van der Waals surface area contributed by atoms with Crippen molar-refractivity contribution in [3.8, 4) is 23.0 Å². The molecule has 11 aromatic rings. The van der Waals surface area contributed by atoms with Crippen molar-refractivity contribution in [3.63, 3.8) is 0 Å². The van der Waals surface area contributed by atoms with Crippen LogP contribution in [0.2, 0.25) is 0 Å². The first kappa shape index (κ1) is 40.2. The minimum atomic E-state index is -0.630. The smallest absolute Gasteiger partial charge is 0.163 e. The quantitative estimate of drug-likeness (QED) is 0.150. The molecule has 4 nitrogen and oxygen atoms in total. The van der Waals surface area contributed by atoms with Gasteiger partial charge in [-0.05, 0) is 86.7 Å². The summed E-state index contributed by atoms with van der Waals surface area (Å²) in [5.74, 6) is 2.27. The maximum absolute atomic E-state index is 5.64. The fraction of sp³-hybridized carbons (Fsp3) is 0.148. The van der Waals surface area contributed by atoms with Gasteiger partial charge in [-0.1, -0.05) is 199 Å². The number of fused-ring (bicyclic) bond motifs is 6. The van der Waals surface area contributed by atoms with Crippen LogP contribution < -0.4 is 0 Å². The van der Waals surface area contributed by atoms with Crippen LogP contribution >= 0.6 is 0 Å². The molecular formula is C61H52N4. The fourth-order valence-corrected chi connectivity index (χ4v) is 10.1. The third-order valence-corrected chi connectivity index (χ3v) is 13.4. The second-order valence-electron chi connectivity index (χ2n) is 19.5. The molecule has 0 fully saturated rings. The van der Waals surface area contributed by atoms with E-state index in [2.05, 4.69) is 257 Å². The molecule has 3 aromatic heterocycles. The van der Waals surface area contributed by atoms with E-state index in [4.69, 9.17) is 9.97 Å². The van der Waals surface area contributed by atoms with E-state index in [1.165, 1.54) is 49.4 Å². The van der Waals surface area contributed by atoms with Gasteiger partial charge in [-0.3, -0.25) is 9.13 Å². The average Bonchev–Trinajstić information content (AvgIpc) is 3.85. The van der Waals surface area contributed by atoms with Gasteiger partial charge in [0.25, 0.3) is 0 Å². The standard InChI is InChI=1S/C61H52N4/c1-59(2,3)45-33-35-54-50(38-45)51-39-46(60(4,5)6)34-36-55(51)65(54)57-40-56(64-52-31-18-16-29-48(52)49-30-17-19-32-53(49)64)62-58(63-57)41-21-20-28-47(37-41)61(42-22-10-7-11-23-42,43-24-12-8-13-25-43)44-26-14-9-15-27-44/h7-40H,1-6H3. The summed E-state index contributed by atoms with van der Waals surface area (Å²) in [7, 11) is 0. The van der Waals surface area contributed by atoms with Gasteiger partial charge in [-0.15, -0.1) is 0 Å². The third kappa shape index (κ3) is 6.66. The fourth-order valence-electron chi connectivity index (χ4n) is 10.1. The molecule has 0 N–H and O–H groups in total. The van der Waals surface area contributed by atoms with Crippen molar-refractivity contribution < 1.29 is 0 Å². The SMILES string of the molecule is CC(C)(C)c1ccc2c(c1)c1cc(C(C)(C)C)ccc1n2-c1cc(-n2c3ccccc3c3ccccc32)nc(-c2cccc(C(c3ccccc3)(c3ccccc3)c3ccccc3)c2)n1. The predicted molar refractivity (Wildman–Crippen MR) is 272 cm³/mol. The van der Waals surface area contributed by atoms with Crippen molar-refractivity contribution >= 4 is 43.6 Å². The predicted octanol–water partition coefficient (Wildman–Crippen LogP) is 15.3. The van der Waals surface area contributed by atoms with E-state index in [0.29, 0.717) is 5.82 Å². The van der Waals surface area contributed by atoms with E-state index in [9.17, 15) is 0 Å². The Hall–Kier alpha value is -7.56. The largest absolute Gasteiger partial charge is 0.294 e.